The van der Waals surface area contributed by atoms with E-state index < -0.39 is 0 Å². The van der Waals surface area contributed by atoms with E-state index in [-0.39, 0.29) is 11.8 Å². The fraction of sp³-hybridized carbons (Fsp3) is 0.615. The third-order valence-corrected chi connectivity index (χ3v) is 4.04. The molecule has 7 nitrogen and oxygen atoms in total. The minimum atomic E-state index is -0.199. The Morgan fingerprint density at radius 1 is 1.25 bits per heavy atom. The number of nitrogen functional groups attached to an aromatic ring is 1. The molecule has 0 unspecified atom stereocenters. The number of carbonyl (C=O) groups excluding carboxylic acids is 1. The number of nitrogens with zero attached hydrogens (tertiary/aromatic N) is 3. The molecule has 2 heterocycles. The van der Waals surface area contributed by atoms with Crippen molar-refractivity contribution in [1.82, 2.24) is 9.97 Å². The van der Waals surface area contributed by atoms with E-state index in [4.69, 9.17) is 11.6 Å². The van der Waals surface area contributed by atoms with E-state index in [1.807, 2.05) is 6.07 Å². The van der Waals surface area contributed by atoms with Gasteiger partial charge in [-0.3, -0.25) is 4.79 Å². The Balaban J connectivity index is 1.76. The van der Waals surface area contributed by atoms with Crippen LogP contribution in [0.4, 0.5) is 11.6 Å². The van der Waals surface area contributed by atoms with Gasteiger partial charge >= 0.3 is 0 Å². The molecule has 1 aromatic heterocycles. The van der Waals surface area contributed by atoms with Crippen LogP contribution in [0.2, 0.25) is 0 Å². The predicted molar refractivity (Wildman–Crippen MR) is 75.9 cm³/mol. The molecule has 1 aromatic rings. The van der Waals surface area contributed by atoms with E-state index in [2.05, 4.69) is 20.3 Å². The first-order valence-corrected chi connectivity index (χ1v) is 7.07. The summed E-state index contributed by atoms with van der Waals surface area (Å²) in [7, 11) is 0. The zero-order valence-electron chi connectivity index (χ0n) is 11.4. The van der Waals surface area contributed by atoms with Crippen molar-refractivity contribution in [2.45, 2.75) is 31.6 Å². The maximum atomic E-state index is 11.2. The number of hydrazine groups is 1. The van der Waals surface area contributed by atoms with E-state index in [1.165, 1.54) is 0 Å². The van der Waals surface area contributed by atoms with Gasteiger partial charge in [0.2, 0.25) is 5.91 Å². The van der Waals surface area contributed by atoms with Crippen molar-refractivity contribution in [2.75, 3.05) is 23.4 Å². The smallest absolute Gasteiger partial charge is 0.220 e. The summed E-state index contributed by atoms with van der Waals surface area (Å²) in [5.41, 5.74) is 7.96. The van der Waals surface area contributed by atoms with Crippen LogP contribution in [-0.2, 0) is 4.79 Å². The van der Waals surface area contributed by atoms with Crippen molar-refractivity contribution in [3.05, 3.63) is 11.9 Å². The predicted octanol–water partition coefficient (Wildman–Crippen LogP) is 0.341. The van der Waals surface area contributed by atoms with E-state index in [1.54, 1.807) is 0 Å². The first-order valence-electron chi connectivity index (χ1n) is 7.07. The highest BCUT2D eigenvalue weighted by Gasteiger charge is 2.29. The molecule has 2 aliphatic rings. The lowest BCUT2D eigenvalue weighted by molar-refractivity contribution is -0.122. The van der Waals surface area contributed by atoms with Gasteiger partial charge in [0.15, 0.2) is 0 Å². The summed E-state index contributed by atoms with van der Waals surface area (Å²) in [5, 5.41) is 0. The molecule has 108 valence electrons. The van der Waals surface area contributed by atoms with Crippen LogP contribution in [0.25, 0.3) is 0 Å². The summed E-state index contributed by atoms with van der Waals surface area (Å²) in [5.74, 6) is 8.15. The monoisotopic (exact) mass is 276 g/mol. The van der Waals surface area contributed by atoms with Gasteiger partial charge < -0.3 is 16.1 Å². The number of hydrogen-bond donors (Lipinski definition) is 3. The molecule has 2 fully saturated rings. The summed E-state index contributed by atoms with van der Waals surface area (Å²) in [6, 6.07) is 1.86. The number of rotatable bonds is 4. The molecular weight excluding hydrogens is 256 g/mol. The average Bonchev–Trinajstić information content (AvgIpc) is 3.31. The number of amides is 1. The average molecular weight is 276 g/mol. The standard InChI is InChI=1S/C13H20N6O/c14-12(20)8-3-5-19(6-4-8)11-7-10(18-15)16-13(17-11)9-1-2-9/h7-9H,1-6,15H2,(H2,14,20)(H,16,17,18). The number of anilines is 2. The SMILES string of the molecule is NNc1cc(N2CCC(C(N)=O)CC2)nc(C2CC2)n1. The maximum absolute atomic E-state index is 11.2. The Morgan fingerprint density at radius 2 is 1.95 bits per heavy atom. The Hall–Kier alpha value is -1.89. The number of nitrogens with two attached hydrogens (primary N) is 2. The normalized spacial score (nSPS) is 19.9. The lowest BCUT2D eigenvalue weighted by Gasteiger charge is -2.31. The van der Waals surface area contributed by atoms with E-state index >= 15 is 0 Å². The van der Waals surface area contributed by atoms with Crippen molar-refractivity contribution in [3.63, 3.8) is 0 Å². The lowest BCUT2D eigenvalue weighted by Crippen LogP contribution is -2.39. The summed E-state index contributed by atoms with van der Waals surface area (Å²) in [6.45, 7) is 1.58. The molecule has 0 spiro atoms. The van der Waals surface area contributed by atoms with Crippen molar-refractivity contribution < 1.29 is 4.79 Å². The summed E-state index contributed by atoms with van der Waals surface area (Å²) >= 11 is 0. The van der Waals surface area contributed by atoms with Gasteiger partial charge in [-0.1, -0.05) is 0 Å². The highest BCUT2D eigenvalue weighted by atomic mass is 16.1. The zero-order chi connectivity index (χ0) is 14.1. The highest BCUT2D eigenvalue weighted by molar-refractivity contribution is 5.77. The van der Waals surface area contributed by atoms with Crippen LogP contribution in [0, 0.1) is 5.92 Å². The topological polar surface area (TPSA) is 110 Å². The van der Waals surface area contributed by atoms with Crippen LogP contribution < -0.4 is 21.9 Å². The minimum Gasteiger partial charge on any atom is -0.369 e. The van der Waals surface area contributed by atoms with E-state index in [0.717, 1.165) is 50.4 Å². The first kappa shape index (κ1) is 13.1. The summed E-state index contributed by atoms with van der Waals surface area (Å²) < 4.78 is 0. The number of carbonyl (C=O) groups is 1. The molecule has 0 bridgehead atoms. The van der Waals surface area contributed by atoms with Gasteiger partial charge in [0, 0.05) is 31.0 Å². The molecule has 3 rings (SSSR count). The fourth-order valence-electron chi connectivity index (χ4n) is 2.61. The van der Waals surface area contributed by atoms with Crippen LogP contribution in [0.15, 0.2) is 6.07 Å². The molecule has 1 aliphatic heterocycles. The number of piperidine rings is 1. The second-order valence-electron chi connectivity index (χ2n) is 5.55. The molecule has 1 aliphatic carbocycles. The van der Waals surface area contributed by atoms with Crippen LogP contribution >= 0.6 is 0 Å². The third kappa shape index (κ3) is 2.67. The minimum absolute atomic E-state index is 0.0110. The van der Waals surface area contributed by atoms with Gasteiger partial charge in [0.1, 0.15) is 17.5 Å². The van der Waals surface area contributed by atoms with Crippen LogP contribution in [0.3, 0.4) is 0 Å². The van der Waals surface area contributed by atoms with Crippen LogP contribution in [0.5, 0.6) is 0 Å². The van der Waals surface area contributed by atoms with Gasteiger partial charge in [0.25, 0.3) is 0 Å². The molecule has 5 N–H and O–H groups in total. The molecule has 1 saturated heterocycles. The quantitative estimate of drug-likeness (QED) is 0.540. The summed E-state index contributed by atoms with van der Waals surface area (Å²) in [6.07, 6.45) is 3.86. The second kappa shape index (κ2) is 5.24. The van der Waals surface area contributed by atoms with Crippen LogP contribution in [-0.4, -0.2) is 29.0 Å². The Morgan fingerprint density at radius 3 is 2.50 bits per heavy atom. The second-order valence-corrected chi connectivity index (χ2v) is 5.55. The van der Waals surface area contributed by atoms with Gasteiger partial charge in [0.05, 0.1) is 0 Å². The fourth-order valence-corrected chi connectivity index (χ4v) is 2.61. The summed E-state index contributed by atoms with van der Waals surface area (Å²) in [4.78, 5) is 22.4. The molecule has 1 saturated carbocycles. The van der Waals surface area contributed by atoms with E-state index in [9.17, 15) is 4.79 Å². The first-order chi connectivity index (χ1) is 9.67. The Kier molecular flexibility index (Phi) is 3.43. The van der Waals surface area contributed by atoms with Crippen molar-refractivity contribution in [3.8, 4) is 0 Å². The van der Waals surface area contributed by atoms with Crippen LogP contribution in [0.1, 0.15) is 37.4 Å². The molecular formula is C13H20N6O. The van der Waals surface area contributed by atoms with Gasteiger partial charge in [-0.05, 0) is 25.7 Å². The van der Waals surface area contributed by atoms with Gasteiger partial charge in [-0.25, -0.2) is 15.8 Å². The molecule has 7 heteroatoms. The van der Waals surface area contributed by atoms with Crippen molar-refractivity contribution >= 4 is 17.5 Å². The maximum Gasteiger partial charge on any atom is 0.220 e. The molecule has 0 aromatic carbocycles. The van der Waals surface area contributed by atoms with Gasteiger partial charge in [-0.2, -0.15) is 0 Å². The number of aromatic nitrogens is 2. The molecule has 1 amide bonds. The number of hydrogen-bond acceptors (Lipinski definition) is 6. The van der Waals surface area contributed by atoms with Crippen molar-refractivity contribution in [1.29, 1.82) is 0 Å². The number of primary amides is 1. The molecule has 0 atom stereocenters. The molecule has 0 radical (unpaired) electrons. The van der Waals surface area contributed by atoms with E-state index in [0.29, 0.717) is 11.7 Å². The third-order valence-electron chi connectivity index (χ3n) is 4.04. The van der Waals surface area contributed by atoms with Gasteiger partial charge in [-0.15, -0.1) is 0 Å². The Labute approximate surface area is 117 Å². The molecule has 20 heavy (non-hydrogen) atoms. The lowest BCUT2D eigenvalue weighted by atomic mass is 9.96. The number of nitrogens with one attached hydrogen (secondary N) is 1. The van der Waals surface area contributed by atoms with Crippen molar-refractivity contribution in [2.24, 2.45) is 17.5 Å². The Bertz CT molecular complexity index is 508. The highest BCUT2D eigenvalue weighted by Crippen LogP contribution is 2.39. The zero-order valence-corrected chi connectivity index (χ0v) is 11.4. The largest absolute Gasteiger partial charge is 0.369 e.